The first kappa shape index (κ1) is 27.4. The van der Waals surface area contributed by atoms with Crippen molar-refractivity contribution in [1.82, 2.24) is 5.32 Å². The molecular formula is C28H46N2O6. The Morgan fingerprint density at radius 1 is 1.00 bits per heavy atom. The largest absolute Gasteiger partial charge is 0.480 e. The second-order valence-electron chi connectivity index (χ2n) is 13.1. The molecule has 0 radical (unpaired) electrons. The van der Waals surface area contributed by atoms with E-state index in [4.69, 9.17) is 5.73 Å². The molecule has 36 heavy (non-hydrogen) atoms. The number of amides is 2. The Morgan fingerprint density at radius 2 is 1.67 bits per heavy atom. The van der Waals surface area contributed by atoms with Crippen LogP contribution >= 0.6 is 0 Å². The van der Waals surface area contributed by atoms with E-state index in [9.17, 15) is 29.7 Å². The topological polar surface area (TPSA) is 150 Å². The number of primary amides is 1. The summed E-state index contributed by atoms with van der Waals surface area (Å²) in [4.78, 5) is 34.9. The molecule has 0 aromatic rings. The summed E-state index contributed by atoms with van der Waals surface area (Å²) in [5.74, 6) is 0.0860. The average Bonchev–Trinajstić information content (AvgIpc) is 3.15. The van der Waals surface area contributed by atoms with Crippen LogP contribution in [0.4, 0.5) is 0 Å². The maximum absolute atomic E-state index is 12.5. The predicted molar refractivity (Wildman–Crippen MR) is 134 cm³/mol. The number of carbonyl (C=O) groups excluding carboxylic acids is 2. The molecule has 8 nitrogen and oxygen atoms in total. The zero-order chi connectivity index (χ0) is 26.4. The van der Waals surface area contributed by atoms with Crippen LogP contribution in [0.3, 0.4) is 0 Å². The van der Waals surface area contributed by atoms with Crippen molar-refractivity contribution in [2.75, 3.05) is 0 Å². The van der Waals surface area contributed by atoms with Crippen molar-refractivity contribution >= 4 is 17.8 Å². The van der Waals surface area contributed by atoms with Crippen molar-refractivity contribution in [3.05, 3.63) is 0 Å². The van der Waals surface area contributed by atoms with E-state index in [1.54, 1.807) is 0 Å². The lowest BCUT2D eigenvalue weighted by Gasteiger charge is -2.62. The molecule has 11 atom stereocenters. The molecule has 4 aliphatic rings. The van der Waals surface area contributed by atoms with E-state index in [0.717, 1.165) is 51.4 Å². The number of aliphatic hydroxyl groups is 2. The van der Waals surface area contributed by atoms with E-state index in [2.05, 4.69) is 26.1 Å². The van der Waals surface area contributed by atoms with E-state index in [-0.39, 0.29) is 35.4 Å². The number of rotatable bonds is 8. The first-order chi connectivity index (χ1) is 16.9. The summed E-state index contributed by atoms with van der Waals surface area (Å²) in [6.07, 6.45) is 7.95. The first-order valence-corrected chi connectivity index (χ1v) is 14.0. The minimum atomic E-state index is -1.28. The highest BCUT2D eigenvalue weighted by Crippen LogP contribution is 2.68. The summed E-state index contributed by atoms with van der Waals surface area (Å²) < 4.78 is 0. The van der Waals surface area contributed by atoms with Gasteiger partial charge in [0.1, 0.15) is 6.04 Å². The molecule has 8 heteroatoms. The summed E-state index contributed by atoms with van der Waals surface area (Å²) in [6, 6.07) is -1.28. The van der Waals surface area contributed by atoms with Gasteiger partial charge >= 0.3 is 5.97 Å². The standard InChI is InChI=1S/C28H46N2O6/c1-15(4-7-24(34)30-21(26(35)36)14-23(29)33)18-5-6-19-25-20(9-11-28(18,19)3)27(2)10-8-17(31)12-16(27)13-22(25)32/h15-22,25,31-32H,4-14H2,1-3H3,(H2,29,33)(H,30,34)(H,35,36)/t15-,16+,17-,18-,19+,20+,21?,22-,25+,27+,28-/m1/s1. The smallest absolute Gasteiger partial charge is 0.326 e. The van der Waals surface area contributed by atoms with Crippen LogP contribution in [0.25, 0.3) is 0 Å². The average molecular weight is 507 g/mol. The van der Waals surface area contributed by atoms with Crippen LogP contribution in [0.2, 0.25) is 0 Å². The summed E-state index contributed by atoms with van der Waals surface area (Å²) in [7, 11) is 0. The van der Waals surface area contributed by atoms with Crippen LogP contribution in [-0.2, 0) is 14.4 Å². The molecule has 0 spiro atoms. The van der Waals surface area contributed by atoms with Crippen LogP contribution in [0.15, 0.2) is 0 Å². The minimum Gasteiger partial charge on any atom is -0.480 e. The van der Waals surface area contributed by atoms with Gasteiger partial charge in [-0.2, -0.15) is 0 Å². The number of fused-ring (bicyclic) bond motifs is 5. The number of nitrogens with one attached hydrogen (secondary N) is 1. The fourth-order valence-electron chi connectivity index (χ4n) is 9.40. The lowest BCUT2D eigenvalue weighted by atomic mass is 9.43. The van der Waals surface area contributed by atoms with E-state index < -0.39 is 24.3 Å². The highest BCUT2D eigenvalue weighted by molar-refractivity contribution is 5.88. The van der Waals surface area contributed by atoms with Crippen molar-refractivity contribution in [2.45, 2.75) is 110 Å². The second kappa shape index (κ2) is 10.2. The molecule has 1 unspecified atom stereocenters. The molecule has 204 valence electrons. The minimum absolute atomic E-state index is 0.130. The molecule has 6 N–H and O–H groups in total. The molecule has 0 saturated heterocycles. The summed E-state index contributed by atoms with van der Waals surface area (Å²) in [6.45, 7) is 7.03. The monoisotopic (exact) mass is 506 g/mol. The number of hydrogen-bond acceptors (Lipinski definition) is 5. The van der Waals surface area contributed by atoms with Gasteiger partial charge in [0.2, 0.25) is 11.8 Å². The lowest BCUT2D eigenvalue weighted by molar-refractivity contribution is -0.174. The predicted octanol–water partition coefficient (Wildman–Crippen LogP) is 2.84. The molecule has 0 aromatic carbocycles. The van der Waals surface area contributed by atoms with Gasteiger partial charge in [0.05, 0.1) is 18.6 Å². The van der Waals surface area contributed by atoms with Crippen molar-refractivity contribution < 1.29 is 29.7 Å². The Bertz CT molecular complexity index is 865. The molecule has 0 aromatic heterocycles. The van der Waals surface area contributed by atoms with Crippen LogP contribution in [0, 0.1) is 46.3 Å². The third-order valence-corrected chi connectivity index (χ3v) is 11.3. The Labute approximate surface area is 214 Å². The number of carbonyl (C=O) groups is 3. The van der Waals surface area contributed by atoms with Crippen molar-refractivity contribution in [3.8, 4) is 0 Å². The van der Waals surface area contributed by atoms with Gasteiger partial charge in [-0.3, -0.25) is 9.59 Å². The number of nitrogens with two attached hydrogens (primary N) is 1. The van der Waals surface area contributed by atoms with E-state index >= 15 is 0 Å². The first-order valence-electron chi connectivity index (χ1n) is 14.0. The van der Waals surface area contributed by atoms with Crippen LogP contribution in [0.5, 0.6) is 0 Å². The highest BCUT2D eigenvalue weighted by atomic mass is 16.4. The van der Waals surface area contributed by atoms with E-state index in [1.165, 1.54) is 0 Å². The molecule has 4 rings (SSSR count). The number of aliphatic hydroxyl groups excluding tert-OH is 2. The molecule has 0 aliphatic heterocycles. The zero-order valence-corrected chi connectivity index (χ0v) is 22.1. The van der Waals surface area contributed by atoms with Crippen molar-refractivity contribution in [2.24, 2.45) is 52.1 Å². The number of carboxylic acids is 1. The number of hydrogen-bond donors (Lipinski definition) is 5. The fraction of sp³-hybridized carbons (Fsp3) is 0.893. The molecule has 4 saturated carbocycles. The van der Waals surface area contributed by atoms with Gasteiger partial charge in [-0.1, -0.05) is 20.8 Å². The molecule has 4 aliphatic carbocycles. The third kappa shape index (κ3) is 4.92. The van der Waals surface area contributed by atoms with Crippen molar-refractivity contribution in [1.29, 1.82) is 0 Å². The van der Waals surface area contributed by atoms with Gasteiger partial charge in [0.15, 0.2) is 0 Å². The van der Waals surface area contributed by atoms with Gasteiger partial charge in [-0.15, -0.1) is 0 Å². The summed E-state index contributed by atoms with van der Waals surface area (Å²) >= 11 is 0. The maximum Gasteiger partial charge on any atom is 0.326 e. The molecule has 0 heterocycles. The lowest BCUT2D eigenvalue weighted by Crippen LogP contribution is -2.58. The van der Waals surface area contributed by atoms with Gasteiger partial charge in [0.25, 0.3) is 0 Å². The molecule has 0 bridgehead atoms. The van der Waals surface area contributed by atoms with Crippen LogP contribution in [0.1, 0.15) is 91.4 Å². The Balaban J connectivity index is 1.40. The zero-order valence-electron chi connectivity index (χ0n) is 22.1. The summed E-state index contributed by atoms with van der Waals surface area (Å²) in [5, 5.41) is 33.4. The number of aliphatic carboxylic acids is 1. The normalized spacial score (nSPS) is 43.4. The molecular weight excluding hydrogens is 460 g/mol. The Kier molecular flexibility index (Phi) is 7.78. The van der Waals surface area contributed by atoms with Gasteiger partial charge in [-0.05, 0) is 104 Å². The third-order valence-electron chi connectivity index (χ3n) is 11.3. The molecule has 4 fully saturated rings. The van der Waals surface area contributed by atoms with E-state index in [1.807, 2.05) is 0 Å². The van der Waals surface area contributed by atoms with Crippen molar-refractivity contribution in [3.63, 3.8) is 0 Å². The summed E-state index contributed by atoms with van der Waals surface area (Å²) in [5.41, 5.74) is 5.45. The maximum atomic E-state index is 12.5. The quantitative estimate of drug-likeness (QED) is 0.342. The van der Waals surface area contributed by atoms with Crippen LogP contribution < -0.4 is 11.1 Å². The fourth-order valence-corrected chi connectivity index (χ4v) is 9.40. The van der Waals surface area contributed by atoms with Gasteiger partial charge in [0, 0.05) is 6.42 Å². The highest BCUT2D eigenvalue weighted by Gasteiger charge is 2.62. The van der Waals surface area contributed by atoms with Crippen LogP contribution in [-0.4, -0.2) is 51.4 Å². The molecule has 2 amide bonds. The Morgan fingerprint density at radius 3 is 2.33 bits per heavy atom. The van der Waals surface area contributed by atoms with Gasteiger partial charge < -0.3 is 26.4 Å². The Hall–Kier alpha value is -1.67. The number of carboxylic acid groups (broad SMARTS) is 1. The van der Waals surface area contributed by atoms with E-state index in [0.29, 0.717) is 41.9 Å². The second-order valence-corrected chi connectivity index (χ2v) is 13.1. The SMILES string of the molecule is C[C@H](CCC(=O)NC(CC(N)=O)C(=O)O)[C@H]1CC[C@H]2[C@@H]3[C@H](O)C[C@@H]4C[C@H](O)CC[C@]4(C)[C@H]3CC[C@]12C. The van der Waals surface area contributed by atoms with Gasteiger partial charge in [-0.25, -0.2) is 4.79 Å².